The summed E-state index contributed by atoms with van der Waals surface area (Å²) >= 11 is 0. The van der Waals surface area contributed by atoms with Gasteiger partial charge in [-0.3, -0.25) is 14.2 Å². The van der Waals surface area contributed by atoms with Crippen LogP contribution in [0.5, 0.6) is 5.75 Å². The second kappa shape index (κ2) is 7.02. The predicted molar refractivity (Wildman–Crippen MR) is 71.8 cm³/mol. The summed E-state index contributed by atoms with van der Waals surface area (Å²) in [5.74, 6) is -2.37. The zero-order valence-electron chi connectivity index (χ0n) is 11.5. The lowest BCUT2D eigenvalue weighted by molar-refractivity contribution is -0.762. The van der Waals surface area contributed by atoms with Gasteiger partial charge in [0.05, 0.1) is 5.56 Å². The number of esters is 1. The first kappa shape index (κ1) is 18.3. The summed E-state index contributed by atoms with van der Waals surface area (Å²) in [6, 6.07) is 3.09. The van der Waals surface area contributed by atoms with Crippen molar-refractivity contribution in [1.29, 1.82) is 0 Å². The van der Waals surface area contributed by atoms with Crippen molar-refractivity contribution in [1.82, 2.24) is 0 Å². The lowest BCUT2D eigenvalue weighted by Crippen LogP contribution is -2.29. The van der Waals surface area contributed by atoms with Gasteiger partial charge in [-0.2, -0.15) is 8.42 Å². The Hall–Kier alpha value is -2.73. The fourth-order valence-corrected chi connectivity index (χ4v) is 2.19. The molecule has 12 heteroatoms. The molecule has 0 aromatic heterocycles. The lowest BCUT2D eigenvalue weighted by Gasteiger charge is -2.13. The monoisotopic (exact) mass is 349 g/mol. The van der Waals surface area contributed by atoms with E-state index in [1.807, 2.05) is 0 Å². The summed E-state index contributed by atoms with van der Waals surface area (Å²) < 4.78 is 35.8. The molecule has 1 aromatic carbocycles. The van der Waals surface area contributed by atoms with Crippen LogP contribution in [-0.2, 0) is 26.2 Å². The third kappa shape index (κ3) is 5.88. The second-order valence-corrected chi connectivity index (χ2v) is 5.80. The first-order chi connectivity index (χ1) is 10.5. The molecule has 0 saturated carbocycles. The van der Waals surface area contributed by atoms with E-state index in [0.717, 1.165) is 25.1 Å². The van der Waals surface area contributed by atoms with Crippen LogP contribution in [0.4, 0.5) is 0 Å². The number of nitrogens with zero attached hydrogens (tertiary/aromatic N) is 1. The molecule has 1 rings (SSSR count). The quantitative estimate of drug-likeness (QED) is 0.229. The zero-order chi connectivity index (χ0) is 17.8. The van der Waals surface area contributed by atoms with Crippen molar-refractivity contribution in [2.24, 2.45) is 0 Å². The molecule has 126 valence electrons. The average Bonchev–Trinajstić information content (AvgIpc) is 2.35. The molecule has 0 heterocycles. The van der Waals surface area contributed by atoms with Crippen LogP contribution >= 0.6 is 0 Å². The maximum absolute atomic E-state index is 11.1. The highest BCUT2D eigenvalue weighted by atomic mass is 32.2. The van der Waals surface area contributed by atoms with E-state index in [9.17, 15) is 28.1 Å². The minimum absolute atomic E-state index is 0.0781. The summed E-state index contributed by atoms with van der Waals surface area (Å²) in [5.41, 5.74) is -2.69. The van der Waals surface area contributed by atoms with Crippen molar-refractivity contribution < 1.29 is 42.3 Å². The lowest BCUT2D eigenvalue weighted by atomic mass is 10.1. The molecule has 0 spiro atoms. The SMILES string of the molecule is CC(=O)Oc1cc(CC(O[N+](=O)[O-])S(=O)(=O)O)cc(C(=O)O)c1. The highest BCUT2D eigenvalue weighted by Crippen LogP contribution is 2.21. The van der Waals surface area contributed by atoms with Crippen LogP contribution in [0.25, 0.3) is 0 Å². The van der Waals surface area contributed by atoms with E-state index in [-0.39, 0.29) is 16.9 Å². The smallest absolute Gasteiger partial charge is 0.335 e. The van der Waals surface area contributed by atoms with E-state index in [0.29, 0.717) is 0 Å². The van der Waals surface area contributed by atoms with Gasteiger partial charge in [-0.15, -0.1) is 10.1 Å². The van der Waals surface area contributed by atoms with Crippen molar-refractivity contribution in [2.45, 2.75) is 18.8 Å². The standard InChI is InChI=1S/C11H11NO10S/c1-6(13)21-9-3-7(2-8(5-9)11(14)15)4-10(22-12(16)17)23(18,19)20/h2-3,5,10H,4H2,1H3,(H,14,15)(H,18,19,20). The first-order valence-electron chi connectivity index (χ1n) is 5.82. The number of carboxylic acid groups (broad SMARTS) is 1. The van der Waals surface area contributed by atoms with Gasteiger partial charge in [-0.25, -0.2) is 4.79 Å². The highest BCUT2D eigenvalue weighted by molar-refractivity contribution is 7.86. The molecule has 0 bridgehead atoms. The fraction of sp³-hybridized carbons (Fsp3) is 0.273. The number of ether oxygens (including phenoxy) is 1. The predicted octanol–water partition coefficient (Wildman–Crippen LogP) is 0.275. The number of carbonyl (C=O) groups excluding carboxylic acids is 1. The van der Waals surface area contributed by atoms with Crippen LogP contribution in [0.15, 0.2) is 18.2 Å². The molecule has 1 aromatic rings. The molecule has 1 unspecified atom stereocenters. The number of carbonyl (C=O) groups is 2. The van der Waals surface area contributed by atoms with Gasteiger partial charge in [-0.05, 0) is 23.8 Å². The van der Waals surface area contributed by atoms with Crippen molar-refractivity contribution in [3.8, 4) is 5.75 Å². The number of rotatable bonds is 7. The number of benzene rings is 1. The third-order valence-electron chi connectivity index (χ3n) is 2.41. The van der Waals surface area contributed by atoms with E-state index >= 15 is 0 Å². The first-order valence-corrected chi connectivity index (χ1v) is 7.32. The van der Waals surface area contributed by atoms with Crippen LogP contribution in [0, 0.1) is 10.1 Å². The largest absolute Gasteiger partial charge is 0.478 e. The van der Waals surface area contributed by atoms with E-state index in [1.54, 1.807) is 0 Å². The minimum Gasteiger partial charge on any atom is -0.478 e. The average molecular weight is 349 g/mol. The molecule has 2 N–H and O–H groups in total. The van der Waals surface area contributed by atoms with Gasteiger partial charge in [0.2, 0.25) is 5.44 Å². The number of hydrogen-bond donors (Lipinski definition) is 2. The van der Waals surface area contributed by atoms with Crippen molar-refractivity contribution >= 4 is 22.1 Å². The van der Waals surface area contributed by atoms with Crippen LogP contribution in [0.2, 0.25) is 0 Å². The molecule has 11 nitrogen and oxygen atoms in total. The highest BCUT2D eigenvalue weighted by Gasteiger charge is 2.28. The Balaban J connectivity index is 3.23. The summed E-state index contributed by atoms with van der Waals surface area (Å²) in [6.45, 7) is 1.06. The van der Waals surface area contributed by atoms with E-state index in [2.05, 4.69) is 4.84 Å². The third-order valence-corrected chi connectivity index (χ3v) is 3.33. The molecular weight excluding hydrogens is 338 g/mol. The molecule has 0 amide bonds. The molecule has 1 atom stereocenters. The fourth-order valence-electron chi connectivity index (χ4n) is 1.61. The summed E-state index contributed by atoms with van der Waals surface area (Å²) in [6.07, 6.45) is -0.741. The number of aromatic carboxylic acids is 1. The molecule has 0 aliphatic heterocycles. The Morgan fingerprint density at radius 2 is 1.96 bits per heavy atom. The Kier molecular flexibility index (Phi) is 5.59. The van der Waals surface area contributed by atoms with E-state index < -0.39 is 39.0 Å². The summed E-state index contributed by atoms with van der Waals surface area (Å²) in [5, 5.41) is 17.8. The molecule has 0 aliphatic rings. The maximum Gasteiger partial charge on any atom is 0.335 e. The summed E-state index contributed by atoms with van der Waals surface area (Å²) in [4.78, 5) is 36.1. The van der Waals surface area contributed by atoms with Crippen molar-refractivity contribution in [3.05, 3.63) is 39.4 Å². The molecular formula is C11H11NO10S. The van der Waals surface area contributed by atoms with Gasteiger partial charge in [0.1, 0.15) is 5.75 Å². The molecule has 0 saturated heterocycles. The normalized spacial score (nSPS) is 12.3. The Morgan fingerprint density at radius 3 is 2.39 bits per heavy atom. The van der Waals surface area contributed by atoms with Gasteiger partial charge < -0.3 is 9.84 Å². The Labute approximate surface area is 129 Å². The van der Waals surface area contributed by atoms with Crippen LogP contribution < -0.4 is 4.74 Å². The van der Waals surface area contributed by atoms with Crippen LogP contribution in [0.3, 0.4) is 0 Å². The second-order valence-electron chi connectivity index (χ2n) is 4.24. The van der Waals surface area contributed by atoms with Crippen molar-refractivity contribution in [3.63, 3.8) is 0 Å². The summed E-state index contributed by atoms with van der Waals surface area (Å²) in [7, 11) is -4.95. The molecule has 0 radical (unpaired) electrons. The molecule has 23 heavy (non-hydrogen) atoms. The topological polar surface area (TPSA) is 170 Å². The van der Waals surface area contributed by atoms with Gasteiger partial charge in [0.15, 0.2) is 0 Å². The van der Waals surface area contributed by atoms with Gasteiger partial charge in [0, 0.05) is 13.3 Å². The van der Waals surface area contributed by atoms with E-state index in [4.69, 9.17) is 14.4 Å². The minimum atomic E-state index is -4.95. The number of carboxylic acids is 1. The molecule has 0 fully saturated rings. The van der Waals surface area contributed by atoms with Gasteiger partial charge in [0.25, 0.3) is 15.2 Å². The number of hydrogen-bond acceptors (Lipinski definition) is 8. The Bertz CT molecular complexity index is 741. The van der Waals surface area contributed by atoms with Crippen LogP contribution in [-0.4, -0.2) is 40.5 Å². The Morgan fingerprint density at radius 1 is 1.35 bits per heavy atom. The van der Waals surface area contributed by atoms with Crippen LogP contribution in [0.1, 0.15) is 22.8 Å². The van der Waals surface area contributed by atoms with Crippen molar-refractivity contribution in [2.75, 3.05) is 0 Å². The zero-order valence-corrected chi connectivity index (χ0v) is 12.3. The van der Waals surface area contributed by atoms with Gasteiger partial charge in [-0.1, -0.05) is 0 Å². The maximum atomic E-state index is 11.1. The molecule has 0 aliphatic carbocycles. The van der Waals surface area contributed by atoms with E-state index in [1.165, 1.54) is 0 Å². The van der Waals surface area contributed by atoms with Gasteiger partial charge >= 0.3 is 11.9 Å².